The Morgan fingerprint density at radius 3 is 2.40 bits per heavy atom. The van der Waals surface area contributed by atoms with Crippen LogP contribution >= 0.6 is 0 Å². The van der Waals surface area contributed by atoms with Crippen molar-refractivity contribution in [1.29, 1.82) is 0 Å². The van der Waals surface area contributed by atoms with Crippen LogP contribution in [0.15, 0.2) is 18.3 Å². The van der Waals surface area contributed by atoms with Crippen LogP contribution in [0.1, 0.15) is 28.9 Å². The lowest BCUT2D eigenvalue weighted by Gasteiger charge is -2.23. The number of fused-ring (bicyclic) bond motifs is 1. The average molecular weight is 344 g/mol. The topological polar surface area (TPSA) is 56.8 Å². The van der Waals surface area contributed by atoms with Gasteiger partial charge in [-0.15, -0.1) is 0 Å². The molecular weight excluding hydrogens is 316 g/mol. The van der Waals surface area contributed by atoms with Gasteiger partial charge in [0.05, 0.1) is 6.54 Å². The highest BCUT2D eigenvalue weighted by Crippen LogP contribution is 2.32. The molecule has 0 unspecified atom stereocenters. The van der Waals surface area contributed by atoms with Crippen molar-refractivity contribution in [3.05, 3.63) is 29.6 Å². The first-order valence-electron chi connectivity index (χ1n) is 9.09. The van der Waals surface area contributed by atoms with Crippen LogP contribution in [0.4, 0.5) is 0 Å². The number of nitrogens with zero attached hydrogens (tertiary/aromatic N) is 4. The maximum absolute atomic E-state index is 12.8. The molecule has 0 radical (unpaired) electrons. The van der Waals surface area contributed by atoms with Crippen molar-refractivity contribution >= 4 is 11.8 Å². The summed E-state index contributed by atoms with van der Waals surface area (Å²) in [5, 5.41) is 0. The Hall–Kier alpha value is -1.95. The Bertz CT molecular complexity index is 630. The fourth-order valence-electron chi connectivity index (χ4n) is 3.92. The van der Waals surface area contributed by atoms with Gasteiger partial charge in [-0.3, -0.25) is 19.5 Å². The van der Waals surface area contributed by atoms with Crippen molar-refractivity contribution in [3.63, 3.8) is 0 Å². The van der Waals surface area contributed by atoms with Crippen LogP contribution in [0.3, 0.4) is 0 Å². The molecule has 1 aromatic rings. The predicted octanol–water partition coefficient (Wildman–Crippen LogP) is 1.26. The van der Waals surface area contributed by atoms with Crippen LogP contribution in [0.25, 0.3) is 0 Å². The van der Waals surface area contributed by atoms with E-state index in [-0.39, 0.29) is 11.8 Å². The zero-order valence-corrected chi connectivity index (χ0v) is 15.4. The third-order valence-corrected chi connectivity index (χ3v) is 5.57. The van der Waals surface area contributed by atoms with Gasteiger partial charge in [-0.2, -0.15) is 0 Å². The summed E-state index contributed by atoms with van der Waals surface area (Å²) in [6.07, 6.45) is 3.79. The standard InChI is InChI=1S/C19H28N4O2/c1-14-5-4-8-20-18(14)19(25)23-11-15-6-9-22(10-7-16(15)12-23)13-17(24)21(2)3/h4-5,8,15-16H,6-7,9-13H2,1-3H3/t15-,16+. The van der Waals surface area contributed by atoms with Gasteiger partial charge in [-0.25, -0.2) is 0 Å². The Morgan fingerprint density at radius 1 is 1.20 bits per heavy atom. The first-order chi connectivity index (χ1) is 12.0. The van der Waals surface area contributed by atoms with Crippen LogP contribution in [0, 0.1) is 18.8 Å². The smallest absolute Gasteiger partial charge is 0.272 e. The van der Waals surface area contributed by atoms with Gasteiger partial charge in [0, 0.05) is 33.4 Å². The average Bonchev–Trinajstić information content (AvgIpc) is 2.91. The molecule has 2 amide bonds. The molecule has 1 aromatic heterocycles. The van der Waals surface area contributed by atoms with E-state index in [9.17, 15) is 9.59 Å². The lowest BCUT2D eigenvalue weighted by molar-refractivity contribution is -0.129. The van der Waals surface area contributed by atoms with Gasteiger partial charge in [0.1, 0.15) is 5.69 Å². The minimum Gasteiger partial charge on any atom is -0.348 e. The minimum absolute atomic E-state index is 0.0609. The van der Waals surface area contributed by atoms with Crippen LogP contribution in [0.2, 0.25) is 0 Å². The van der Waals surface area contributed by atoms with E-state index in [2.05, 4.69) is 9.88 Å². The summed E-state index contributed by atoms with van der Waals surface area (Å²) in [7, 11) is 3.61. The predicted molar refractivity (Wildman–Crippen MR) is 96.2 cm³/mol. The Morgan fingerprint density at radius 2 is 1.84 bits per heavy atom. The number of hydrogen-bond donors (Lipinski definition) is 0. The lowest BCUT2D eigenvalue weighted by Crippen LogP contribution is -2.38. The van der Waals surface area contributed by atoms with Crippen molar-refractivity contribution in [3.8, 4) is 0 Å². The third kappa shape index (κ3) is 4.00. The van der Waals surface area contributed by atoms with E-state index in [1.807, 2.05) is 24.0 Å². The number of aromatic nitrogens is 1. The van der Waals surface area contributed by atoms with Gasteiger partial charge in [0.2, 0.25) is 5.91 Å². The number of carbonyl (C=O) groups is 2. The molecule has 0 saturated carbocycles. The number of aryl methyl sites for hydroxylation is 1. The second-order valence-electron chi connectivity index (χ2n) is 7.54. The summed E-state index contributed by atoms with van der Waals surface area (Å²) in [5.74, 6) is 1.29. The SMILES string of the molecule is Cc1cccnc1C(=O)N1C[C@H]2CCN(CC(=O)N(C)C)CC[C@H]2C1. The second-order valence-corrected chi connectivity index (χ2v) is 7.54. The molecule has 2 saturated heterocycles. The summed E-state index contributed by atoms with van der Waals surface area (Å²) >= 11 is 0. The summed E-state index contributed by atoms with van der Waals surface area (Å²) in [5.41, 5.74) is 1.52. The number of pyridine rings is 1. The first kappa shape index (κ1) is 17.9. The molecule has 6 heteroatoms. The molecule has 2 atom stereocenters. The number of amides is 2. The van der Waals surface area contributed by atoms with E-state index in [1.165, 1.54) is 0 Å². The van der Waals surface area contributed by atoms with Gasteiger partial charge in [0.25, 0.3) is 5.91 Å². The molecule has 0 N–H and O–H groups in total. The summed E-state index contributed by atoms with van der Waals surface area (Å²) in [6, 6.07) is 3.80. The van der Waals surface area contributed by atoms with E-state index in [4.69, 9.17) is 0 Å². The summed E-state index contributed by atoms with van der Waals surface area (Å²) in [6.45, 7) is 5.94. The fourth-order valence-corrected chi connectivity index (χ4v) is 3.92. The number of hydrogen-bond acceptors (Lipinski definition) is 4. The largest absolute Gasteiger partial charge is 0.348 e. The zero-order valence-electron chi connectivity index (χ0n) is 15.4. The van der Waals surface area contributed by atoms with Gasteiger partial charge in [-0.05, 0) is 56.3 Å². The van der Waals surface area contributed by atoms with E-state index in [0.717, 1.165) is 44.6 Å². The summed E-state index contributed by atoms with van der Waals surface area (Å²) < 4.78 is 0. The molecule has 0 bridgehead atoms. The molecule has 0 spiro atoms. The zero-order chi connectivity index (χ0) is 18.0. The molecule has 3 heterocycles. The van der Waals surface area contributed by atoms with Gasteiger partial charge < -0.3 is 9.80 Å². The molecule has 0 aliphatic carbocycles. The quantitative estimate of drug-likeness (QED) is 0.828. The Labute approximate surface area is 149 Å². The highest BCUT2D eigenvalue weighted by Gasteiger charge is 2.37. The second kappa shape index (κ2) is 7.52. The van der Waals surface area contributed by atoms with Crippen LogP contribution in [0.5, 0.6) is 0 Å². The van der Waals surface area contributed by atoms with E-state index < -0.39 is 0 Å². The number of carbonyl (C=O) groups excluding carboxylic acids is 2. The van der Waals surface area contributed by atoms with E-state index in [1.54, 1.807) is 25.2 Å². The first-order valence-corrected chi connectivity index (χ1v) is 9.09. The highest BCUT2D eigenvalue weighted by molar-refractivity contribution is 5.93. The fraction of sp³-hybridized carbons (Fsp3) is 0.632. The molecule has 136 valence electrons. The summed E-state index contributed by atoms with van der Waals surface area (Å²) in [4.78, 5) is 34.9. The molecule has 2 fully saturated rings. The molecule has 2 aliphatic rings. The molecule has 6 nitrogen and oxygen atoms in total. The number of likely N-dealkylation sites (tertiary alicyclic amines) is 2. The maximum Gasteiger partial charge on any atom is 0.272 e. The molecule has 3 rings (SSSR count). The van der Waals surface area contributed by atoms with Crippen LogP contribution in [-0.2, 0) is 4.79 Å². The minimum atomic E-state index is 0.0609. The van der Waals surface area contributed by atoms with E-state index in [0.29, 0.717) is 24.1 Å². The van der Waals surface area contributed by atoms with E-state index >= 15 is 0 Å². The number of rotatable bonds is 3. The van der Waals surface area contributed by atoms with Crippen molar-refractivity contribution in [2.75, 3.05) is 46.8 Å². The maximum atomic E-state index is 12.8. The van der Waals surface area contributed by atoms with Crippen LogP contribution < -0.4 is 0 Å². The van der Waals surface area contributed by atoms with Crippen molar-refractivity contribution in [1.82, 2.24) is 19.7 Å². The van der Waals surface area contributed by atoms with Gasteiger partial charge in [-0.1, -0.05) is 6.07 Å². The Kier molecular flexibility index (Phi) is 5.37. The molecule has 25 heavy (non-hydrogen) atoms. The monoisotopic (exact) mass is 344 g/mol. The molecule has 2 aliphatic heterocycles. The molecule has 0 aromatic carbocycles. The Balaban J connectivity index is 1.59. The lowest BCUT2D eigenvalue weighted by atomic mass is 9.92. The molecular formula is C19H28N4O2. The van der Waals surface area contributed by atoms with Crippen molar-refractivity contribution in [2.45, 2.75) is 19.8 Å². The van der Waals surface area contributed by atoms with Crippen molar-refractivity contribution in [2.24, 2.45) is 11.8 Å². The highest BCUT2D eigenvalue weighted by atomic mass is 16.2. The van der Waals surface area contributed by atoms with Gasteiger partial charge >= 0.3 is 0 Å². The van der Waals surface area contributed by atoms with Gasteiger partial charge in [0.15, 0.2) is 0 Å². The van der Waals surface area contributed by atoms with Crippen molar-refractivity contribution < 1.29 is 9.59 Å². The van der Waals surface area contributed by atoms with Crippen LogP contribution in [-0.4, -0.2) is 78.3 Å². The number of likely N-dealkylation sites (N-methyl/N-ethyl adjacent to an activating group) is 1. The third-order valence-electron chi connectivity index (χ3n) is 5.57. The normalized spacial score (nSPS) is 23.9.